The fourth-order valence-corrected chi connectivity index (χ4v) is 2.69. The van der Waals surface area contributed by atoms with Gasteiger partial charge in [-0.1, -0.05) is 13.8 Å². The highest BCUT2D eigenvalue weighted by atomic mass is 16.6. The van der Waals surface area contributed by atoms with Crippen molar-refractivity contribution in [1.29, 1.82) is 0 Å². The largest absolute Gasteiger partial charge is 0.478 e. The van der Waals surface area contributed by atoms with Crippen molar-refractivity contribution in [3.8, 4) is 5.75 Å². The number of carbonyl (C=O) groups is 3. The molecule has 1 aromatic carbocycles. The summed E-state index contributed by atoms with van der Waals surface area (Å²) in [6, 6.07) is 2.44. The van der Waals surface area contributed by atoms with Gasteiger partial charge in [-0.2, -0.15) is 0 Å². The van der Waals surface area contributed by atoms with E-state index < -0.39 is 34.5 Å². The minimum Gasteiger partial charge on any atom is -0.478 e. The van der Waals surface area contributed by atoms with Gasteiger partial charge >= 0.3 is 0 Å². The summed E-state index contributed by atoms with van der Waals surface area (Å²) >= 11 is 0. The average molecular weight is 334 g/mol. The number of carbonyl (C=O) groups excluding carboxylic acids is 3. The number of nitro benzene ring substituents is 1. The lowest BCUT2D eigenvalue weighted by Crippen LogP contribution is -2.56. The number of ether oxygens (including phenoxy) is 1. The van der Waals surface area contributed by atoms with Crippen molar-refractivity contribution in [3.05, 3.63) is 28.3 Å². The minimum absolute atomic E-state index is 0.106. The molecule has 0 saturated heterocycles. The molecule has 1 atom stereocenters. The number of hydrogen-bond acceptors (Lipinski definition) is 6. The molecule has 1 aliphatic rings. The van der Waals surface area contributed by atoms with Crippen LogP contribution in [0.3, 0.4) is 0 Å². The SMILES string of the molecule is CC(=O)C(C(C)=O)N1C(=O)C(C(C)C)Oc2cc([N+](=O)[O-])ccc21. The Morgan fingerprint density at radius 3 is 2.29 bits per heavy atom. The van der Waals surface area contributed by atoms with Gasteiger partial charge < -0.3 is 4.74 Å². The molecule has 24 heavy (non-hydrogen) atoms. The molecule has 0 aliphatic carbocycles. The van der Waals surface area contributed by atoms with Gasteiger partial charge in [-0.25, -0.2) is 0 Å². The fourth-order valence-electron chi connectivity index (χ4n) is 2.69. The van der Waals surface area contributed by atoms with Crippen LogP contribution in [-0.4, -0.2) is 34.5 Å². The first-order chi connectivity index (χ1) is 11.1. The second-order valence-corrected chi connectivity index (χ2v) is 6.02. The molecule has 8 heteroatoms. The van der Waals surface area contributed by atoms with Gasteiger partial charge in [-0.05, 0) is 25.8 Å². The van der Waals surface area contributed by atoms with E-state index in [4.69, 9.17) is 4.74 Å². The lowest BCUT2D eigenvalue weighted by Gasteiger charge is -2.38. The molecule has 1 unspecified atom stereocenters. The number of non-ortho nitro benzene ring substituents is 1. The van der Waals surface area contributed by atoms with Crippen LogP contribution in [0, 0.1) is 16.0 Å². The molecule has 128 valence electrons. The van der Waals surface area contributed by atoms with Crippen LogP contribution in [0.1, 0.15) is 27.7 Å². The zero-order valence-electron chi connectivity index (χ0n) is 13.8. The summed E-state index contributed by atoms with van der Waals surface area (Å²) in [5, 5.41) is 11.0. The molecule has 0 bridgehead atoms. The Morgan fingerprint density at radius 2 is 1.83 bits per heavy atom. The maximum absolute atomic E-state index is 12.8. The van der Waals surface area contributed by atoms with Crippen LogP contribution in [0.25, 0.3) is 0 Å². The van der Waals surface area contributed by atoms with Crippen molar-refractivity contribution < 1.29 is 24.0 Å². The number of ketones is 2. The Balaban J connectivity index is 2.65. The zero-order valence-corrected chi connectivity index (χ0v) is 13.8. The predicted molar refractivity (Wildman–Crippen MR) is 85.0 cm³/mol. The standard InChI is InChI=1S/C16H18N2O6/c1-8(2)15-16(21)17(14(9(3)19)10(4)20)12-6-5-11(18(22)23)7-13(12)24-15/h5-8,14-15H,1-4H3. The molecule has 1 aliphatic heterocycles. The van der Waals surface area contributed by atoms with E-state index in [2.05, 4.69) is 0 Å². The highest BCUT2D eigenvalue weighted by molar-refractivity contribution is 6.15. The lowest BCUT2D eigenvalue weighted by molar-refractivity contribution is -0.384. The van der Waals surface area contributed by atoms with E-state index in [0.29, 0.717) is 0 Å². The number of Topliss-reactive ketones (excluding diaryl/α,β-unsaturated/α-hetero) is 2. The molecule has 0 radical (unpaired) electrons. The molecule has 1 amide bonds. The third kappa shape index (κ3) is 2.99. The Morgan fingerprint density at radius 1 is 1.25 bits per heavy atom. The monoisotopic (exact) mass is 334 g/mol. The third-order valence-corrected chi connectivity index (χ3v) is 3.78. The topological polar surface area (TPSA) is 107 Å². The minimum atomic E-state index is -1.28. The molecular weight excluding hydrogens is 316 g/mol. The predicted octanol–water partition coefficient (Wildman–Crippen LogP) is 1.89. The number of rotatable bonds is 5. The number of nitro groups is 1. The van der Waals surface area contributed by atoms with Crippen LogP contribution in [-0.2, 0) is 14.4 Å². The molecule has 0 fully saturated rings. The second kappa shape index (κ2) is 6.38. The maximum atomic E-state index is 12.8. The fraction of sp³-hybridized carbons (Fsp3) is 0.438. The summed E-state index contributed by atoms with van der Waals surface area (Å²) in [7, 11) is 0. The smallest absolute Gasteiger partial charge is 0.273 e. The Kier molecular flexibility index (Phi) is 4.68. The van der Waals surface area contributed by atoms with Crippen molar-refractivity contribution in [3.63, 3.8) is 0 Å². The van der Waals surface area contributed by atoms with E-state index in [9.17, 15) is 24.5 Å². The molecule has 1 heterocycles. The van der Waals surface area contributed by atoms with Crippen molar-refractivity contribution in [2.45, 2.75) is 39.8 Å². The maximum Gasteiger partial charge on any atom is 0.273 e. The Bertz CT molecular complexity index is 713. The quantitative estimate of drug-likeness (QED) is 0.462. The number of amides is 1. The number of anilines is 1. The normalized spacial score (nSPS) is 16.8. The highest BCUT2D eigenvalue weighted by Crippen LogP contribution is 2.39. The van der Waals surface area contributed by atoms with Crippen molar-refractivity contribution in [1.82, 2.24) is 0 Å². The van der Waals surface area contributed by atoms with Gasteiger partial charge in [0, 0.05) is 6.07 Å². The number of hydrogen-bond donors (Lipinski definition) is 0. The Hall–Kier alpha value is -2.77. The second-order valence-electron chi connectivity index (χ2n) is 6.02. The van der Waals surface area contributed by atoms with Gasteiger partial charge in [0.05, 0.1) is 16.7 Å². The zero-order chi connectivity index (χ0) is 18.2. The molecule has 0 aromatic heterocycles. The molecule has 8 nitrogen and oxygen atoms in total. The van der Waals surface area contributed by atoms with Gasteiger partial charge in [0.1, 0.15) is 0 Å². The van der Waals surface area contributed by atoms with Crippen LogP contribution >= 0.6 is 0 Å². The van der Waals surface area contributed by atoms with Crippen molar-refractivity contribution >= 4 is 28.8 Å². The average Bonchev–Trinajstić information content (AvgIpc) is 2.47. The summed E-state index contributed by atoms with van der Waals surface area (Å²) < 4.78 is 5.62. The van der Waals surface area contributed by atoms with Gasteiger partial charge in [-0.15, -0.1) is 0 Å². The van der Waals surface area contributed by atoms with Gasteiger partial charge in [0.25, 0.3) is 11.6 Å². The molecule has 1 aromatic rings. The van der Waals surface area contributed by atoms with Crippen LogP contribution in [0.5, 0.6) is 5.75 Å². The van der Waals surface area contributed by atoms with E-state index in [0.717, 1.165) is 4.90 Å². The summed E-state index contributed by atoms with van der Waals surface area (Å²) in [6.45, 7) is 5.95. The van der Waals surface area contributed by atoms with Crippen LogP contribution in [0.4, 0.5) is 11.4 Å². The van der Waals surface area contributed by atoms with Crippen molar-refractivity contribution in [2.24, 2.45) is 5.92 Å². The summed E-state index contributed by atoms with van der Waals surface area (Å²) in [5.41, 5.74) is -0.0225. The van der Waals surface area contributed by atoms with Gasteiger partial charge in [0.15, 0.2) is 29.5 Å². The van der Waals surface area contributed by atoms with Crippen molar-refractivity contribution in [2.75, 3.05) is 4.90 Å². The first-order valence-electron chi connectivity index (χ1n) is 7.44. The third-order valence-electron chi connectivity index (χ3n) is 3.78. The van der Waals surface area contributed by atoms with E-state index >= 15 is 0 Å². The number of nitrogens with zero attached hydrogens (tertiary/aromatic N) is 2. The first-order valence-corrected chi connectivity index (χ1v) is 7.44. The summed E-state index contributed by atoms with van der Waals surface area (Å²) in [6.07, 6.45) is -0.930. The van der Waals surface area contributed by atoms with Gasteiger partial charge in [0.2, 0.25) is 0 Å². The molecule has 0 N–H and O–H groups in total. The first kappa shape index (κ1) is 17.6. The van der Waals surface area contributed by atoms with E-state index in [1.807, 2.05) is 0 Å². The highest BCUT2D eigenvalue weighted by Gasteiger charge is 2.43. The van der Waals surface area contributed by atoms with E-state index in [1.165, 1.54) is 32.0 Å². The molecular formula is C16H18N2O6. The van der Waals surface area contributed by atoms with Crippen LogP contribution in [0.15, 0.2) is 18.2 Å². The van der Waals surface area contributed by atoms with E-state index in [1.54, 1.807) is 13.8 Å². The Labute approximate surface area is 138 Å². The number of benzene rings is 1. The van der Waals surface area contributed by atoms with Gasteiger partial charge in [-0.3, -0.25) is 29.4 Å². The molecule has 2 rings (SSSR count). The summed E-state index contributed by atoms with van der Waals surface area (Å²) in [4.78, 5) is 48.1. The number of fused-ring (bicyclic) bond motifs is 1. The summed E-state index contributed by atoms with van der Waals surface area (Å²) in [5.74, 6) is -1.61. The molecule has 0 saturated carbocycles. The lowest BCUT2D eigenvalue weighted by atomic mass is 9.99. The van der Waals surface area contributed by atoms with Crippen LogP contribution < -0.4 is 9.64 Å². The molecule has 0 spiro atoms. The van der Waals surface area contributed by atoms with E-state index in [-0.39, 0.29) is 23.0 Å². The van der Waals surface area contributed by atoms with Crippen LogP contribution in [0.2, 0.25) is 0 Å².